The molecule has 104 valence electrons. The van der Waals surface area contributed by atoms with Gasteiger partial charge in [0.25, 0.3) is 0 Å². The van der Waals surface area contributed by atoms with Crippen molar-refractivity contribution in [1.82, 2.24) is 5.32 Å². The smallest absolute Gasteiger partial charge is 0.131 e. The predicted octanol–water partition coefficient (Wildman–Crippen LogP) is 4.03. The molecule has 2 aromatic carbocycles. The summed E-state index contributed by atoms with van der Waals surface area (Å²) in [5.74, 6) is 0.633. The van der Waals surface area contributed by atoms with Crippen LogP contribution < -0.4 is 5.32 Å². The first kappa shape index (κ1) is 13.3. The van der Waals surface area contributed by atoms with Gasteiger partial charge < -0.3 is 5.32 Å². The summed E-state index contributed by atoms with van der Waals surface area (Å²) in [6.07, 6.45) is 3.66. The number of benzene rings is 2. The second-order valence-electron chi connectivity index (χ2n) is 5.57. The molecule has 1 saturated heterocycles. The topological polar surface area (TPSA) is 12.0 Å². The Kier molecular flexibility index (Phi) is 4.12. The molecule has 0 radical (unpaired) electrons. The highest BCUT2D eigenvalue weighted by atomic mass is 19.1. The Hall–Kier alpha value is -1.67. The highest BCUT2D eigenvalue weighted by molar-refractivity contribution is 5.64. The minimum absolute atomic E-state index is 0.154. The second-order valence-corrected chi connectivity index (χ2v) is 5.57. The molecule has 1 nitrogen and oxygen atoms in total. The van der Waals surface area contributed by atoms with Crippen LogP contribution in [-0.4, -0.2) is 13.1 Å². The molecule has 3 rings (SSSR count). The van der Waals surface area contributed by atoms with E-state index in [-0.39, 0.29) is 5.82 Å². The van der Waals surface area contributed by atoms with E-state index >= 15 is 0 Å². The molecule has 0 spiro atoms. The van der Waals surface area contributed by atoms with Gasteiger partial charge in [-0.1, -0.05) is 42.5 Å². The quantitative estimate of drug-likeness (QED) is 0.887. The van der Waals surface area contributed by atoms with E-state index in [0.29, 0.717) is 5.56 Å². The van der Waals surface area contributed by atoms with Crippen molar-refractivity contribution in [2.45, 2.75) is 19.3 Å². The van der Waals surface area contributed by atoms with E-state index in [1.807, 2.05) is 24.3 Å². The maximum Gasteiger partial charge on any atom is 0.131 e. The molecule has 2 aromatic rings. The van der Waals surface area contributed by atoms with Crippen LogP contribution >= 0.6 is 0 Å². The summed E-state index contributed by atoms with van der Waals surface area (Å²) in [6, 6.07) is 15.3. The lowest BCUT2D eigenvalue weighted by Crippen LogP contribution is -2.28. The molecule has 1 aliphatic rings. The van der Waals surface area contributed by atoms with E-state index in [1.54, 1.807) is 6.07 Å². The number of piperidine rings is 1. The Morgan fingerprint density at radius 3 is 2.35 bits per heavy atom. The van der Waals surface area contributed by atoms with Gasteiger partial charge in [-0.25, -0.2) is 4.39 Å². The van der Waals surface area contributed by atoms with E-state index in [4.69, 9.17) is 0 Å². The van der Waals surface area contributed by atoms with Crippen molar-refractivity contribution >= 4 is 0 Å². The van der Waals surface area contributed by atoms with Crippen LogP contribution in [0.15, 0.2) is 48.5 Å². The molecule has 0 bridgehead atoms. The van der Waals surface area contributed by atoms with Crippen LogP contribution in [0.3, 0.4) is 0 Å². The van der Waals surface area contributed by atoms with Crippen molar-refractivity contribution in [1.29, 1.82) is 0 Å². The van der Waals surface area contributed by atoms with Gasteiger partial charge in [0.1, 0.15) is 5.82 Å². The van der Waals surface area contributed by atoms with Gasteiger partial charge in [0.15, 0.2) is 0 Å². The normalized spacial score (nSPS) is 16.2. The zero-order chi connectivity index (χ0) is 13.8. The van der Waals surface area contributed by atoms with Gasteiger partial charge in [-0.2, -0.15) is 0 Å². The summed E-state index contributed by atoms with van der Waals surface area (Å²) in [5.41, 5.74) is 3.00. The zero-order valence-corrected chi connectivity index (χ0v) is 11.6. The molecule has 1 aliphatic heterocycles. The molecule has 0 saturated carbocycles. The Balaban J connectivity index is 1.73. The monoisotopic (exact) mass is 269 g/mol. The molecule has 1 heterocycles. The van der Waals surface area contributed by atoms with E-state index < -0.39 is 0 Å². The summed E-state index contributed by atoms with van der Waals surface area (Å²) in [5, 5.41) is 3.40. The van der Waals surface area contributed by atoms with Crippen LogP contribution in [0.1, 0.15) is 18.4 Å². The van der Waals surface area contributed by atoms with Gasteiger partial charge in [-0.15, -0.1) is 0 Å². The molecule has 0 aliphatic carbocycles. The van der Waals surface area contributed by atoms with Crippen molar-refractivity contribution in [2.24, 2.45) is 5.92 Å². The number of hydrogen-bond donors (Lipinski definition) is 1. The van der Waals surface area contributed by atoms with Gasteiger partial charge in [0.05, 0.1) is 0 Å². The number of nitrogens with one attached hydrogen (secondary N) is 1. The Morgan fingerprint density at radius 1 is 0.950 bits per heavy atom. The van der Waals surface area contributed by atoms with Crippen LogP contribution in [0.5, 0.6) is 0 Å². The number of halogens is 1. The van der Waals surface area contributed by atoms with Crippen LogP contribution in [0.25, 0.3) is 11.1 Å². The third kappa shape index (κ3) is 3.07. The van der Waals surface area contributed by atoms with Gasteiger partial charge in [-0.3, -0.25) is 0 Å². The fourth-order valence-corrected chi connectivity index (χ4v) is 2.93. The molecule has 0 amide bonds. The first-order chi connectivity index (χ1) is 9.83. The fraction of sp³-hybridized carbons (Fsp3) is 0.333. The molecule has 1 N–H and O–H groups in total. The average Bonchev–Trinajstić information content (AvgIpc) is 2.50. The lowest BCUT2D eigenvalue weighted by molar-refractivity contribution is 0.372. The third-order valence-corrected chi connectivity index (χ3v) is 4.12. The van der Waals surface area contributed by atoms with E-state index in [0.717, 1.165) is 31.0 Å². The van der Waals surface area contributed by atoms with Gasteiger partial charge >= 0.3 is 0 Å². The van der Waals surface area contributed by atoms with Crippen LogP contribution in [0.4, 0.5) is 4.39 Å². The molecular formula is C18H20FN. The lowest BCUT2D eigenvalue weighted by atomic mass is 9.90. The molecule has 1 fully saturated rings. The SMILES string of the molecule is Fc1ccccc1-c1ccc(CC2CCNCC2)cc1. The number of hydrogen-bond acceptors (Lipinski definition) is 1. The van der Waals surface area contributed by atoms with Crippen molar-refractivity contribution in [2.75, 3.05) is 13.1 Å². The maximum atomic E-state index is 13.7. The van der Waals surface area contributed by atoms with E-state index in [2.05, 4.69) is 17.4 Å². The van der Waals surface area contributed by atoms with Crippen LogP contribution in [-0.2, 0) is 6.42 Å². The first-order valence-electron chi connectivity index (χ1n) is 7.37. The molecule has 0 aromatic heterocycles. The second kappa shape index (κ2) is 6.19. The first-order valence-corrected chi connectivity index (χ1v) is 7.37. The van der Waals surface area contributed by atoms with Crippen LogP contribution in [0.2, 0.25) is 0 Å². The number of rotatable bonds is 3. The largest absolute Gasteiger partial charge is 0.317 e. The summed E-state index contributed by atoms with van der Waals surface area (Å²) in [4.78, 5) is 0. The molecule has 0 atom stereocenters. The highest BCUT2D eigenvalue weighted by Crippen LogP contribution is 2.24. The Morgan fingerprint density at radius 2 is 1.65 bits per heavy atom. The molecule has 0 unspecified atom stereocenters. The van der Waals surface area contributed by atoms with Gasteiger partial charge in [0.2, 0.25) is 0 Å². The fourth-order valence-electron chi connectivity index (χ4n) is 2.93. The standard InChI is InChI=1S/C18H20FN/c19-18-4-2-1-3-17(18)16-7-5-14(6-8-16)13-15-9-11-20-12-10-15/h1-8,15,20H,9-13H2. The van der Waals surface area contributed by atoms with E-state index in [1.165, 1.54) is 24.5 Å². The van der Waals surface area contributed by atoms with Crippen LogP contribution in [0, 0.1) is 11.7 Å². The Bertz CT molecular complexity index is 556. The third-order valence-electron chi connectivity index (χ3n) is 4.12. The minimum atomic E-state index is -0.154. The summed E-state index contributed by atoms with van der Waals surface area (Å²) >= 11 is 0. The highest BCUT2D eigenvalue weighted by Gasteiger charge is 2.13. The molecule has 20 heavy (non-hydrogen) atoms. The Labute approximate surface area is 119 Å². The summed E-state index contributed by atoms with van der Waals surface area (Å²) in [6.45, 7) is 2.27. The van der Waals surface area contributed by atoms with Gasteiger partial charge in [0, 0.05) is 5.56 Å². The van der Waals surface area contributed by atoms with Gasteiger partial charge in [-0.05, 0) is 55.5 Å². The van der Waals surface area contributed by atoms with E-state index in [9.17, 15) is 4.39 Å². The average molecular weight is 269 g/mol. The lowest BCUT2D eigenvalue weighted by Gasteiger charge is -2.22. The van der Waals surface area contributed by atoms with Crippen molar-refractivity contribution in [3.8, 4) is 11.1 Å². The summed E-state index contributed by atoms with van der Waals surface area (Å²) in [7, 11) is 0. The molecule has 2 heteroatoms. The van der Waals surface area contributed by atoms with Crippen molar-refractivity contribution in [3.05, 3.63) is 59.9 Å². The molecular weight excluding hydrogens is 249 g/mol. The van der Waals surface area contributed by atoms with Crippen molar-refractivity contribution in [3.63, 3.8) is 0 Å². The maximum absolute atomic E-state index is 13.7. The summed E-state index contributed by atoms with van der Waals surface area (Å²) < 4.78 is 13.7. The minimum Gasteiger partial charge on any atom is -0.317 e. The zero-order valence-electron chi connectivity index (χ0n) is 11.6. The predicted molar refractivity (Wildman–Crippen MR) is 81.1 cm³/mol. The van der Waals surface area contributed by atoms with Crippen molar-refractivity contribution < 1.29 is 4.39 Å².